The van der Waals surface area contributed by atoms with Gasteiger partial charge in [-0.3, -0.25) is 0 Å². The summed E-state index contributed by atoms with van der Waals surface area (Å²) in [6.07, 6.45) is 0. The molecule has 2 N–H and O–H groups in total. The molecule has 0 radical (unpaired) electrons. The predicted molar refractivity (Wildman–Crippen MR) is 57.4 cm³/mol. The zero-order valence-electron chi connectivity index (χ0n) is 8.42. The first kappa shape index (κ1) is 9.49. The predicted octanol–water partition coefficient (Wildman–Crippen LogP) is 1.22. The number of benzene rings is 1. The average Bonchev–Trinajstić information content (AvgIpc) is 2.13. The van der Waals surface area contributed by atoms with Gasteiger partial charge in [0.2, 0.25) is 0 Å². The van der Waals surface area contributed by atoms with Gasteiger partial charge < -0.3 is 15.4 Å². The maximum atomic E-state index is 5.09. The van der Waals surface area contributed by atoms with E-state index in [1.807, 2.05) is 0 Å². The van der Waals surface area contributed by atoms with E-state index < -0.39 is 0 Å². The fourth-order valence-electron chi connectivity index (χ4n) is 1.54. The highest BCUT2D eigenvalue weighted by atomic mass is 16.5. The Hall–Kier alpha value is -1.06. The van der Waals surface area contributed by atoms with Crippen LogP contribution in [0.15, 0.2) is 24.3 Å². The maximum Gasteiger partial charge on any atom is 0.0713 e. The van der Waals surface area contributed by atoms with Gasteiger partial charge in [0.1, 0.15) is 0 Å². The van der Waals surface area contributed by atoms with Gasteiger partial charge in [0.15, 0.2) is 0 Å². The molecule has 3 nitrogen and oxygen atoms in total. The molecule has 1 aliphatic rings. The lowest BCUT2D eigenvalue weighted by Gasteiger charge is -2.29. The highest BCUT2D eigenvalue weighted by Gasteiger charge is 2.15. The van der Waals surface area contributed by atoms with E-state index in [0.717, 1.165) is 13.1 Å². The van der Waals surface area contributed by atoms with Gasteiger partial charge in [0.05, 0.1) is 12.6 Å². The number of rotatable bonds is 4. The van der Waals surface area contributed by atoms with Crippen molar-refractivity contribution in [3.63, 3.8) is 0 Å². The standard InChI is InChI=1S/C11H16N2O/c1-14-8-9-3-2-4-10(5-9)13-11-6-12-7-11/h2-5,11-13H,6-8H2,1H3. The van der Waals surface area contributed by atoms with Crippen molar-refractivity contribution in [2.45, 2.75) is 12.6 Å². The van der Waals surface area contributed by atoms with E-state index in [1.165, 1.54) is 11.3 Å². The normalized spacial score (nSPS) is 16.4. The summed E-state index contributed by atoms with van der Waals surface area (Å²) < 4.78 is 5.09. The van der Waals surface area contributed by atoms with Gasteiger partial charge in [-0.15, -0.1) is 0 Å². The van der Waals surface area contributed by atoms with Crippen molar-refractivity contribution in [3.8, 4) is 0 Å². The second-order valence-corrected chi connectivity index (χ2v) is 3.63. The zero-order chi connectivity index (χ0) is 9.80. The molecular formula is C11H16N2O. The highest BCUT2D eigenvalue weighted by Crippen LogP contribution is 2.13. The molecule has 1 fully saturated rings. The largest absolute Gasteiger partial charge is 0.380 e. The number of hydrogen-bond acceptors (Lipinski definition) is 3. The molecule has 0 atom stereocenters. The number of methoxy groups -OCH3 is 1. The molecule has 1 aliphatic heterocycles. The lowest BCUT2D eigenvalue weighted by molar-refractivity contribution is 0.185. The number of nitrogens with one attached hydrogen (secondary N) is 2. The second-order valence-electron chi connectivity index (χ2n) is 3.63. The minimum Gasteiger partial charge on any atom is -0.380 e. The van der Waals surface area contributed by atoms with Crippen molar-refractivity contribution < 1.29 is 4.74 Å². The van der Waals surface area contributed by atoms with Crippen LogP contribution in [0.2, 0.25) is 0 Å². The summed E-state index contributed by atoms with van der Waals surface area (Å²) in [5.74, 6) is 0. The third-order valence-corrected chi connectivity index (χ3v) is 2.39. The monoisotopic (exact) mass is 192 g/mol. The Balaban J connectivity index is 1.97. The van der Waals surface area contributed by atoms with Gasteiger partial charge in [-0.1, -0.05) is 12.1 Å². The molecule has 1 saturated heterocycles. The Bertz CT molecular complexity index is 297. The Labute approximate surface area is 84.5 Å². The van der Waals surface area contributed by atoms with E-state index in [9.17, 15) is 0 Å². The summed E-state index contributed by atoms with van der Waals surface area (Å²) in [6.45, 7) is 2.81. The van der Waals surface area contributed by atoms with Crippen LogP contribution in [0, 0.1) is 0 Å². The third kappa shape index (κ3) is 2.25. The number of anilines is 1. The van der Waals surface area contributed by atoms with Crippen LogP contribution < -0.4 is 10.6 Å². The molecule has 0 amide bonds. The Kier molecular flexibility index (Phi) is 3.01. The Morgan fingerprint density at radius 2 is 2.36 bits per heavy atom. The smallest absolute Gasteiger partial charge is 0.0713 e. The van der Waals surface area contributed by atoms with Crippen molar-refractivity contribution >= 4 is 5.69 Å². The second kappa shape index (κ2) is 4.44. The minimum atomic E-state index is 0.591. The summed E-state index contributed by atoms with van der Waals surface area (Å²) in [6, 6.07) is 8.96. The summed E-state index contributed by atoms with van der Waals surface area (Å²) in [4.78, 5) is 0. The van der Waals surface area contributed by atoms with Crippen LogP contribution in [0.3, 0.4) is 0 Å². The molecule has 14 heavy (non-hydrogen) atoms. The molecule has 1 aromatic rings. The SMILES string of the molecule is COCc1cccc(NC2CNC2)c1. The molecule has 0 unspecified atom stereocenters. The van der Waals surface area contributed by atoms with Crippen LogP contribution in [-0.4, -0.2) is 26.2 Å². The quantitative estimate of drug-likeness (QED) is 0.752. The topological polar surface area (TPSA) is 33.3 Å². The van der Waals surface area contributed by atoms with Crippen molar-refractivity contribution in [1.82, 2.24) is 5.32 Å². The fourth-order valence-corrected chi connectivity index (χ4v) is 1.54. The molecule has 0 saturated carbocycles. The third-order valence-electron chi connectivity index (χ3n) is 2.39. The van der Waals surface area contributed by atoms with Crippen molar-refractivity contribution in [2.75, 3.05) is 25.5 Å². The van der Waals surface area contributed by atoms with Crippen molar-refractivity contribution in [1.29, 1.82) is 0 Å². The molecule has 2 rings (SSSR count). The summed E-state index contributed by atoms with van der Waals surface area (Å²) in [7, 11) is 1.72. The summed E-state index contributed by atoms with van der Waals surface area (Å²) >= 11 is 0. The molecule has 76 valence electrons. The summed E-state index contributed by atoms with van der Waals surface area (Å²) in [5.41, 5.74) is 2.40. The van der Waals surface area contributed by atoms with E-state index in [0.29, 0.717) is 12.6 Å². The van der Waals surface area contributed by atoms with Gasteiger partial charge in [0, 0.05) is 25.9 Å². The van der Waals surface area contributed by atoms with E-state index in [1.54, 1.807) is 7.11 Å². The van der Waals surface area contributed by atoms with Crippen LogP contribution in [-0.2, 0) is 11.3 Å². The Morgan fingerprint density at radius 3 is 3.00 bits per heavy atom. The van der Waals surface area contributed by atoms with E-state index in [4.69, 9.17) is 4.74 Å². The first-order chi connectivity index (χ1) is 6.88. The molecule has 0 aliphatic carbocycles. The molecule has 3 heteroatoms. The van der Waals surface area contributed by atoms with Gasteiger partial charge in [-0.05, 0) is 17.7 Å². The minimum absolute atomic E-state index is 0.591. The lowest BCUT2D eigenvalue weighted by Crippen LogP contribution is -2.51. The van der Waals surface area contributed by atoms with Crippen LogP contribution in [0.25, 0.3) is 0 Å². The lowest BCUT2D eigenvalue weighted by atomic mass is 10.1. The van der Waals surface area contributed by atoms with Gasteiger partial charge in [-0.2, -0.15) is 0 Å². The van der Waals surface area contributed by atoms with E-state index in [-0.39, 0.29) is 0 Å². The van der Waals surface area contributed by atoms with Crippen LogP contribution in [0.1, 0.15) is 5.56 Å². The van der Waals surface area contributed by atoms with Crippen LogP contribution >= 0.6 is 0 Å². The summed E-state index contributed by atoms with van der Waals surface area (Å²) in [5, 5.41) is 6.69. The van der Waals surface area contributed by atoms with Crippen LogP contribution in [0.4, 0.5) is 5.69 Å². The molecule has 0 aromatic heterocycles. The molecule has 1 heterocycles. The highest BCUT2D eigenvalue weighted by molar-refractivity contribution is 5.47. The Morgan fingerprint density at radius 1 is 1.50 bits per heavy atom. The van der Waals surface area contributed by atoms with Gasteiger partial charge in [0.25, 0.3) is 0 Å². The number of hydrogen-bond donors (Lipinski definition) is 2. The van der Waals surface area contributed by atoms with E-state index in [2.05, 4.69) is 34.9 Å². The van der Waals surface area contributed by atoms with E-state index >= 15 is 0 Å². The first-order valence-electron chi connectivity index (χ1n) is 4.93. The zero-order valence-corrected chi connectivity index (χ0v) is 8.42. The molecule has 0 bridgehead atoms. The maximum absolute atomic E-state index is 5.09. The first-order valence-corrected chi connectivity index (χ1v) is 4.93. The van der Waals surface area contributed by atoms with Crippen LogP contribution in [0.5, 0.6) is 0 Å². The van der Waals surface area contributed by atoms with Gasteiger partial charge >= 0.3 is 0 Å². The number of ether oxygens (including phenoxy) is 1. The van der Waals surface area contributed by atoms with Crippen molar-refractivity contribution in [2.24, 2.45) is 0 Å². The molecule has 1 aromatic carbocycles. The van der Waals surface area contributed by atoms with Gasteiger partial charge in [-0.25, -0.2) is 0 Å². The van der Waals surface area contributed by atoms with Crippen molar-refractivity contribution in [3.05, 3.63) is 29.8 Å². The average molecular weight is 192 g/mol. The molecule has 0 spiro atoms. The molecular weight excluding hydrogens is 176 g/mol. The fraction of sp³-hybridized carbons (Fsp3) is 0.455.